The molecule has 2 heterocycles. The van der Waals surface area contributed by atoms with Gasteiger partial charge < -0.3 is 15.0 Å². The molecular weight excluding hydrogens is 360 g/mol. The highest BCUT2D eigenvalue weighted by Gasteiger charge is 2.25. The molecule has 0 radical (unpaired) electrons. The van der Waals surface area contributed by atoms with Crippen molar-refractivity contribution in [3.63, 3.8) is 0 Å². The summed E-state index contributed by atoms with van der Waals surface area (Å²) in [5, 5.41) is 9.62. The van der Waals surface area contributed by atoms with Gasteiger partial charge in [-0.1, -0.05) is 32.9 Å². The number of nitrogens with zero attached hydrogens (tertiary/aromatic N) is 1. The monoisotopic (exact) mass is 386 g/mol. The molecule has 3 aromatic rings. The highest BCUT2D eigenvalue weighted by atomic mass is 16.3. The first-order valence-corrected chi connectivity index (χ1v) is 9.82. The van der Waals surface area contributed by atoms with Crippen LogP contribution in [0.5, 0.6) is 5.75 Å². The fourth-order valence-electron chi connectivity index (χ4n) is 3.88. The van der Waals surface area contributed by atoms with Gasteiger partial charge in [-0.3, -0.25) is 4.79 Å². The van der Waals surface area contributed by atoms with Crippen molar-refractivity contribution in [3.05, 3.63) is 81.8 Å². The van der Waals surface area contributed by atoms with Crippen LogP contribution >= 0.6 is 0 Å². The zero-order valence-corrected chi connectivity index (χ0v) is 17.3. The first kappa shape index (κ1) is 19.1. The second kappa shape index (κ2) is 6.96. The third-order valence-electron chi connectivity index (χ3n) is 5.47. The number of benzene rings is 2. The van der Waals surface area contributed by atoms with Crippen LogP contribution in [0.3, 0.4) is 0 Å². The van der Waals surface area contributed by atoms with Gasteiger partial charge in [0.1, 0.15) is 5.75 Å². The van der Waals surface area contributed by atoms with Crippen molar-refractivity contribution in [2.75, 3.05) is 18.5 Å². The molecule has 1 aromatic heterocycles. The van der Waals surface area contributed by atoms with Gasteiger partial charge in [0.2, 0.25) is 0 Å². The lowest BCUT2D eigenvalue weighted by Crippen LogP contribution is -2.26. The molecule has 4 heteroatoms. The number of phenols is 1. The molecule has 1 aliphatic heterocycles. The zero-order chi connectivity index (χ0) is 20.8. The molecule has 0 atom stereocenters. The predicted octanol–water partition coefficient (Wildman–Crippen LogP) is 5.04. The average molecular weight is 386 g/mol. The smallest absolute Gasteiger partial charge is 0.255 e. The number of pyridine rings is 1. The molecule has 4 nitrogen and oxygen atoms in total. The molecule has 1 aliphatic rings. The number of hydrogen-bond acceptors (Lipinski definition) is 3. The number of aromatic nitrogens is 1. The van der Waals surface area contributed by atoms with Gasteiger partial charge >= 0.3 is 0 Å². The first-order chi connectivity index (χ1) is 13.7. The van der Waals surface area contributed by atoms with Crippen molar-refractivity contribution >= 4 is 17.3 Å². The van der Waals surface area contributed by atoms with Crippen molar-refractivity contribution in [2.45, 2.75) is 26.2 Å². The Balaban J connectivity index is 1.97. The number of fused-ring (bicyclic) bond motifs is 1. The quantitative estimate of drug-likeness (QED) is 0.649. The van der Waals surface area contributed by atoms with Crippen LogP contribution in [0.25, 0.3) is 22.8 Å². The van der Waals surface area contributed by atoms with Crippen molar-refractivity contribution in [1.29, 1.82) is 0 Å². The van der Waals surface area contributed by atoms with Gasteiger partial charge in [0, 0.05) is 30.9 Å². The number of likely N-dealkylation sites (N-methyl/N-ethyl adjacent to an activating group) is 1. The summed E-state index contributed by atoms with van der Waals surface area (Å²) in [7, 11) is 2.06. The number of rotatable bonds is 2. The van der Waals surface area contributed by atoms with Gasteiger partial charge in [-0.05, 0) is 70.2 Å². The van der Waals surface area contributed by atoms with E-state index in [1.165, 1.54) is 11.1 Å². The van der Waals surface area contributed by atoms with Crippen LogP contribution < -0.4 is 10.5 Å². The van der Waals surface area contributed by atoms with Crippen molar-refractivity contribution < 1.29 is 5.11 Å². The number of aromatic amines is 1. The Morgan fingerprint density at radius 2 is 1.76 bits per heavy atom. The first-order valence-electron chi connectivity index (χ1n) is 9.82. The topological polar surface area (TPSA) is 56.3 Å². The maximum Gasteiger partial charge on any atom is 0.255 e. The fourth-order valence-corrected chi connectivity index (χ4v) is 3.88. The maximum atomic E-state index is 12.6. The number of anilines is 1. The summed E-state index contributed by atoms with van der Waals surface area (Å²) in [4.78, 5) is 17.6. The summed E-state index contributed by atoms with van der Waals surface area (Å²) in [6, 6.07) is 15.4. The summed E-state index contributed by atoms with van der Waals surface area (Å²) in [5.41, 5.74) is 7.13. The lowest BCUT2D eigenvalue weighted by atomic mass is 9.82. The minimum absolute atomic E-state index is 0.0477. The van der Waals surface area contributed by atoms with Crippen LogP contribution in [0.2, 0.25) is 0 Å². The summed E-state index contributed by atoms with van der Waals surface area (Å²) in [6.45, 7) is 7.28. The second-order valence-corrected chi connectivity index (χ2v) is 8.70. The molecule has 0 aliphatic carbocycles. The molecule has 0 saturated carbocycles. The van der Waals surface area contributed by atoms with E-state index in [0.29, 0.717) is 5.56 Å². The highest BCUT2D eigenvalue weighted by Crippen LogP contribution is 2.41. The van der Waals surface area contributed by atoms with Crippen molar-refractivity contribution in [1.82, 2.24) is 4.98 Å². The highest BCUT2D eigenvalue weighted by molar-refractivity contribution is 5.96. The van der Waals surface area contributed by atoms with Crippen molar-refractivity contribution in [2.24, 2.45) is 0 Å². The Kier molecular flexibility index (Phi) is 4.58. The van der Waals surface area contributed by atoms with E-state index in [4.69, 9.17) is 0 Å². The van der Waals surface area contributed by atoms with Crippen LogP contribution in [0.1, 0.15) is 37.5 Å². The molecule has 2 aromatic carbocycles. The SMILES string of the molecule is CN1CC(c2ccc(O)cc2)=Cc2cc(C(C)(C)C)cc(-c3ccc[nH]c3=O)c21. The number of hydrogen-bond donors (Lipinski definition) is 2. The van der Waals surface area contributed by atoms with Gasteiger partial charge in [-0.2, -0.15) is 0 Å². The Labute approximate surface area is 171 Å². The van der Waals surface area contributed by atoms with Crippen LogP contribution in [-0.2, 0) is 5.41 Å². The Morgan fingerprint density at radius 1 is 1.03 bits per heavy atom. The van der Waals surface area contributed by atoms with E-state index in [1.54, 1.807) is 18.3 Å². The lowest BCUT2D eigenvalue weighted by molar-refractivity contribution is 0.475. The van der Waals surface area contributed by atoms with E-state index in [9.17, 15) is 9.90 Å². The molecule has 2 N–H and O–H groups in total. The van der Waals surface area contributed by atoms with E-state index in [0.717, 1.165) is 28.9 Å². The second-order valence-electron chi connectivity index (χ2n) is 8.70. The fraction of sp³-hybridized carbons (Fsp3) is 0.240. The standard InChI is InChI=1S/C25H26N2O2/c1-25(2,3)19-13-17-12-18(16-7-9-20(28)10-8-16)15-27(4)23(17)22(14-19)21-6-5-11-26-24(21)29/h5-14,28H,15H2,1-4H3,(H,26,29). The Morgan fingerprint density at radius 3 is 2.41 bits per heavy atom. The van der Waals surface area contributed by atoms with Gasteiger partial charge in [-0.15, -0.1) is 0 Å². The third kappa shape index (κ3) is 3.58. The lowest BCUT2D eigenvalue weighted by Gasteiger charge is -2.32. The molecular formula is C25H26N2O2. The molecule has 148 valence electrons. The van der Waals surface area contributed by atoms with Crippen LogP contribution in [0, 0.1) is 0 Å². The summed E-state index contributed by atoms with van der Waals surface area (Å²) >= 11 is 0. The van der Waals surface area contributed by atoms with Crippen LogP contribution in [0.4, 0.5) is 5.69 Å². The van der Waals surface area contributed by atoms with Gasteiger partial charge in [0.15, 0.2) is 0 Å². The average Bonchev–Trinajstić information content (AvgIpc) is 2.67. The molecule has 0 spiro atoms. The molecule has 0 fully saturated rings. The number of H-pyrrole nitrogens is 1. The molecule has 0 saturated heterocycles. The predicted molar refractivity (Wildman–Crippen MR) is 120 cm³/mol. The van der Waals surface area contributed by atoms with Crippen LogP contribution in [-0.4, -0.2) is 23.7 Å². The largest absolute Gasteiger partial charge is 0.508 e. The molecule has 29 heavy (non-hydrogen) atoms. The van der Waals surface area contributed by atoms with Crippen molar-refractivity contribution in [3.8, 4) is 16.9 Å². The Bertz CT molecular complexity index is 1150. The van der Waals surface area contributed by atoms with Gasteiger partial charge in [0.25, 0.3) is 5.56 Å². The Hall–Kier alpha value is -3.27. The maximum absolute atomic E-state index is 12.6. The summed E-state index contributed by atoms with van der Waals surface area (Å²) in [5.74, 6) is 0.263. The van der Waals surface area contributed by atoms with Crippen LogP contribution in [0.15, 0.2) is 59.5 Å². The minimum Gasteiger partial charge on any atom is -0.508 e. The van der Waals surface area contributed by atoms with Gasteiger partial charge in [-0.25, -0.2) is 0 Å². The third-order valence-corrected chi connectivity index (χ3v) is 5.47. The molecule has 0 amide bonds. The molecule has 0 unspecified atom stereocenters. The van der Waals surface area contributed by atoms with E-state index >= 15 is 0 Å². The van der Waals surface area contributed by atoms with E-state index < -0.39 is 0 Å². The van der Waals surface area contributed by atoms with E-state index in [1.807, 2.05) is 24.3 Å². The number of nitrogens with one attached hydrogen (secondary N) is 1. The van der Waals surface area contributed by atoms with E-state index in [2.05, 4.69) is 55.9 Å². The number of aromatic hydroxyl groups is 1. The van der Waals surface area contributed by atoms with E-state index in [-0.39, 0.29) is 16.7 Å². The molecule has 0 bridgehead atoms. The number of phenolic OH excluding ortho intramolecular Hbond substituents is 1. The summed E-state index contributed by atoms with van der Waals surface area (Å²) < 4.78 is 0. The minimum atomic E-state index is -0.0810. The summed E-state index contributed by atoms with van der Waals surface area (Å²) in [6.07, 6.45) is 3.87. The molecule has 4 rings (SSSR count). The van der Waals surface area contributed by atoms with Gasteiger partial charge in [0.05, 0.1) is 5.69 Å². The normalized spacial score (nSPS) is 13.8. The zero-order valence-electron chi connectivity index (χ0n) is 17.3.